The molecular weight excluding hydrogens is 290 g/mol. The van der Waals surface area contributed by atoms with E-state index in [0.29, 0.717) is 11.8 Å². The molecule has 5 nitrogen and oxygen atoms in total. The maximum absolute atomic E-state index is 12.8. The standard InChI is InChI=1S/C18H23N3O2/c1-20(2)16-5-3-4-10-21(12-16)18(22)15-8-6-14(7-9-15)17-11-19-13-23-17/h6-9,11,13,16H,3-5,10,12H2,1-2H3/t16-/m0/s1. The zero-order valence-corrected chi connectivity index (χ0v) is 13.7. The first-order chi connectivity index (χ1) is 11.1. The minimum atomic E-state index is 0.114. The van der Waals surface area contributed by atoms with E-state index in [2.05, 4.69) is 24.0 Å². The summed E-state index contributed by atoms with van der Waals surface area (Å²) in [5.74, 6) is 0.828. The molecule has 0 N–H and O–H groups in total. The number of hydrogen-bond donors (Lipinski definition) is 0. The number of amides is 1. The van der Waals surface area contributed by atoms with Crippen LogP contribution in [-0.4, -0.2) is 53.9 Å². The van der Waals surface area contributed by atoms with Crippen LogP contribution in [0.1, 0.15) is 29.6 Å². The Morgan fingerprint density at radius 2 is 2.04 bits per heavy atom. The molecule has 2 heterocycles. The first-order valence-electron chi connectivity index (χ1n) is 8.10. The van der Waals surface area contributed by atoms with E-state index in [1.807, 2.05) is 29.2 Å². The average molecular weight is 313 g/mol. The van der Waals surface area contributed by atoms with Crippen LogP contribution in [0.2, 0.25) is 0 Å². The van der Waals surface area contributed by atoms with Crippen molar-refractivity contribution in [3.8, 4) is 11.3 Å². The third-order valence-corrected chi connectivity index (χ3v) is 4.51. The summed E-state index contributed by atoms with van der Waals surface area (Å²) in [7, 11) is 4.18. The molecule has 5 heteroatoms. The van der Waals surface area contributed by atoms with Crippen molar-refractivity contribution in [3.05, 3.63) is 42.4 Å². The van der Waals surface area contributed by atoms with Crippen molar-refractivity contribution >= 4 is 5.91 Å². The molecular formula is C18H23N3O2. The summed E-state index contributed by atoms with van der Waals surface area (Å²) in [6.45, 7) is 1.64. The van der Waals surface area contributed by atoms with Gasteiger partial charge >= 0.3 is 0 Å². The molecule has 1 amide bonds. The SMILES string of the molecule is CN(C)[C@H]1CCCCN(C(=O)c2ccc(-c3cnco3)cc2)C1. The van der Waals surface area contributed by atoms with Gasteiger partial charge in [0, 0.05) is 30.3 Å². The highest BCUT2D eigenvalue weighted by molar-refractivity contribution is 5.94. The number of likely N-dealkylation sites (tertiary alicyclic amines) is 1. The molecule has 1 aromatic heterocycles. The van der Waals surface area contributed by atoms with Crippen molar-refractivity contribution in [1.29, 1.82) is 0 Å². The molecule has 23 heavy (non-hydrogen) atoms. The Morgan fingerprint density at radius 1 is 1.26 bits per heavy atom. The van der Waals surface area contributed by atoms with Crippen molar-refractivity contribution in [2.24, 2.45) is 0 Å². The molecule has 1 atom stereocenters. The van der Waals surface area contributed by atoms with Gasteiger partial charge in [0.15, 0.2) is 12.2 Å². The van der Waals surface area contributed by atoms with E-state index in [0.717, 1.165) is 37.1 Å². The van der Waals surface area contributed by atoms with Crippen LogP contribution in [0.15, 0.2) is 41.3 Å². The molecule has 1 aromatic carbocycles. The van der Waals surface area contributed by atoms with E-state index in [-0.39, 0.29) is 5.91 Å². The number of hydrogen-bond acceptors (Lipinski definition) is 4. The fourth-order valence-corrected chi connectivity index (χ4v) is 3.04. The van der Waals surface area contributed by atoms with Crippen molar-refractivity contribution in [2.45, 2.75) is 25.3 Å². The lowest BCUT2D eigenvalue weighted by molar-refractivity contribution is 0.0725. The van der Waals surface area contributed by atoms with E-state index in [1.165, 1.54) is 12.8 Å². The van der Waals surface area contributed by atoms with Crippen molar-refractivity contribution in [1.82, 2.24) is 14.8 Å². The third kappa shape index (κ3) is 3.62. The van der Waals surface area contributed by atoms with Crippen LogP contribution in [0.4, 0.5) is 0 Å². The smallest absolute Gasteiger partial charge is 0.253 e. The van der Waals surface area contributed by atoms with Gasteiger partial charge in [0.1, 0.15) is 0 Å². The summed E-state index contributed by atoms with van der Waals surface area (Å²) in [5, 5.41) is 0. The molecule has 0 unspecified atom stereocenters. The number of carbonyl (C=O) groups excluding carboxylic acids is 1. The van der Waals surface area contributed by atoms with Crippen LogP contribution in [0.5, 0.6) is 0 Å². The van der Waals surface area contributed by atoms with Gasteiger partial charge in [0.2, 0.25) is 0 Å². The summed E-state index contributed by atoms with van der Waals surface area (Å²) in [5.41, 5.74) is 1.66. The summed E-state index contributed by atoms with van der Waals surface area (Å²) < 4.78 is 5.28. The first kappa shape index (κ1) is 15.7. The first-order valence-corrected chi connectivity index (χ1v) is 8.10. The fourth-order valence-electron chi connectivity index (χ4n) is 3.04. The van der Waals surface area contributed by atoms with Gasteiger partial charge < -0.3 is 14.2 Å². The van der Waals surface area contributed by atoms with Crippen LogP contribution in [0.3, 0.4) is 0 Å². The zero-order chi connectivity index (χ0) is 16.2. The van der Waals surface area contributed by atoms with Gasteiger partial charge in [-0.05, 0) is 39.1 Å². The van der Waals surface area contributed by atoms with E-state index >= 15 is 0 Å². The second kappa shape index (κ2) is 6.96. The highest BCUT2D eigenvalue weighted by Gasteiger charge is 2.24. The van der Waals surface area contributed by atoms with Crippen LogP contribution < -0.4 is 0 Å². The molecule has 0 spiro atoms. The maximum Gasteiger partial charge on any atom is 0.253 e. The lowest BCUT2D eigenvalue weighted by Crippen LogP contribution is -2.41. The molecule has 122 valence electrons. The van der Waals surface area contributed by atoms with Crippen LogP contribution in [-0.2, 0) is 0 Å². The van der Waals surface area contributed by atoms with Crippen LogP contribution in [0.25, 0.3) is 11.3 Å². The number of oxazole rings is 1. The Kier molecular flexibility index (Phi) is 4.76. The largest absolute Gasteiger partial charge is 0.444 e. The number of likely N-dealkylation sites (N-methyl/N-ethyl adjacent to an activating group) is 1. The Labute approximate surface area is 136 Å². The van der Waals surface area contributed by atoms with Gasteiger partial charge in [0.05, 0.1) is 6.20 Å². The van der Waals surface area contributed by atoms with E-state index in [1.54, 1.807) is 6.20 Å². The Morgan fingerprint density at radius 3 is 2.70 bits per heavy atom. The lowest BCUT2D eigenvalue weighted by atomic mass is 10.1. The van der Waals surface area contributed by atoms with Gasteiger partial charge in [-0.1, -0.05) is 18.6 Å². The Balaban J connectivity index is 1.74. The maximum atomic E-state index is 12.8. The Hall–Kier alpha value is -2.14. The highest BCUT2D eigenvalue weighted by atomic mass is 16.3. The predicted molar refractivity (Wildman–Crippen MR) is 89.2 cm³/mol. The van der Waals surface area contributed by atoms with E-state index in [9.17, 15) is 4.79 Å². The summed E-state index contributed by atoms with van der Waals surface area (Å²) in [6.07, 6.45) is 6.49. The van der Waals surface area contributed by atoms with Crippen molar-refractivity contribution < 1.29 is 9.21 Å². The number of aromatic nitrogens is 1. The molecule has 1 saturated heterocycles. The van der Waals surface area contributed by atoms with Gasteiger partial charge in [-0.15, -0.1) is 0 Å². The van der Waals surface area contributed by atoms with Crippen molar-refractivity contribution in [2.75, 3.05) is 27.2 Å². The second-order valence-electron chi connectivity index (χ2n) is 6.31. The van der Waals surface area contributed by atoms with Gasteiger partial charge in [0.25, 0.3) is 5.91 Å². The molecule has 0 saturated carbocycles. The number of nitrogens with zero attached hydrogens (tertiary/aromatic N) is 3. The molecule has 1 aliphatic heterocycles. The lowest BCUT2D eigenvalue weighted by Gasteiger charge is -2.28. The summed E-state index contributed by atoms with van der Waals surface area (Å²) in [4.78, 5) is 20.9. The quantitative estimate of drug-likeness (QED) is 0.874. The molecule has 1 fully saturated rings. The van der Waals surface area contributed by atoms with Crippen LogP contribution in [0, 0.1) is 0 Å². The molecule has 0 radical (unpaired) electrons. The Bertz CT molecular complexity index is 635. The minimum absolute atomic E-state index is 0.114. The molecule has 3 rings (SSSR count). The van der Waals surface area contributed by atoms with Gasteiger partial charge in [-0.25, -0.2) is 4.98 Å². The summed E-state index contributed by atoms with van der Waals surface area (Å²) >= 11 is 0. The minimum Gasteiger partial charge on any atom is -0.444 e. The summed E-state index contributed by atoms with van der Waals surface area (Å²) in [6, 6.07) is 8.00. The monoisotopic (exact) mass is 313 g/mol. The number of carbonyl (C=O) groups is 1. The highest BCUT2D eigenvalue weighted by Crippen LogP contribution is 2.21. The zero-order valence-electron chi connectivity index (χ0n) is 13.7. The molecule has 0 aliphatic carbocycles. The molecule has 0 bridgehead atoms. The normalized spacial score (nSPS) is 18.9. The number of benzene rings is 1. The molecule has 2 aromatic rings. The van der Waals surface area contributed by atoms with Crippen LogP contribution >= 0.6 is 0 Å². The van der Waals surface area contributed by atoms with Crippen molar-refractivity contribution in [3.63, 3.8) is 0 Å². The van der Waals surface area contributed by atoms with E-state index in [4.69, 9.17) is 4.42 Å². The molecule has 1 aliphatic rings. The van der Waals surface area contributed by atoms with Gasteiger partial charge in [-0.2, -0.15) is 0 Å². The topological polar surface area (TPSA) is 49.6 Å². The second-order valence-corrected chi connectivity index (χ2v) is 6.31. The van der Waals surface area contributed by atoms with Gasteiger partial charge in [-0.3, -0.25) is 4.79 Å². The number of rotatable bonds is 3. The predicted octanol–water partition coefficient (Wildman–Crippen LogP) is 2.90. The third-order valence-electron chi connectivity index (χ3n) is 4.51. The average Bonchev–Trinajstić information content (AvgIpc) is 2.98. The fraction of sp³-hybridized carbons (Fsp3) is 0.444. The van der Waals surface area contributed by atoms with E-state index < -0.39 is 0 Å².